The molecule has 2 aromatic heterocycles. The zero-order valence-corrected chi connectivity index (χ0v) is 25.5. The molecule has 5 aromatic rings. The van der Waals surface area contributed by atoms with Crippen molar-refractivity contribution in [2.75, 3.05) is 30.4 Å². The smallest absolute Gasteiger partial charge is 0.348 e. The summed E-state index contributed by atoms with van der Waals surface area (Å²) >= 11 is 7.03. The Morgan fingerprint density at radius 2 is 1.93 bits per heavy atom. The minimum absolute atomic E-state index is 0.128. The molecule has 1 amide bonds. The minimum Gasteiger partial charge on any atom is -0.497 e. The van der Waals surface area contributed by atoms with Gasteiger partial charge in [0, 0.05) is 52.3 Å². The molecule has 0 aliphatic rings. The monoisotopic (exact) mass is 640 g/mol. The number of methoxy groups -OCH3 is 2. The summed E-state index contributed by atoms with van der Waals surface area (Å²) in [6, 6.07) is 15.2. The van der Waals surface area contributed by atoms with E-state index in [4.69, 9.17) is 21.1 Å². The van der Waals surface area contributed by atoms with Crippen LogP contribution in [0.15, 0.2) is 67.1 Å². The van der Waals surface area contributed by atoms with Gasteiger partial charge in [0.25, 0.3) is 5.91 Å². The molecule has 0 aliphatic heterocycles. The average molecular weight is 641 g/mol. The van der Waals surface area contributed by atoms with Crippen LogP contribution in [0.25, 0.3) is 10.9 Å². The van der Waals surface area contributed by atoms with E-state index in [1.165, 1.54) is 26.7 Å². The van der Waals surface area contributed by atoms with Crippen LogP contribution < -0.4 is 24.4 Å². The van der Waals surface area contributed by atoms with E-state index in [1.807, 2.05) is 6.07 Å². The van der Waals surface area contributed by atoms with E-state index in [2.05, 4.69) is 32.0 Å². The van der Waals surface area contributed by atoms with Crippen molar-refractivity contribution >= 4 is 61.0 Å². The highest BCUT2D eigenvalue weighted by atomic mass is 35.5. The summed E-state index contributed by atoms with van der Waals surface area (Å²) in [6.45, 7) is 4.31. The molecular formula is C28H27ClN7O5S2. The van der Waals surface area contributed by atoms with Crippen molar-refractivity contribution in [3.63, 3.8) is 0 Å². The first kappa shape index (κ1) is 30.1. The van der Waals surface area contributed by atoms with Crippen LogP contribution in [0.5, 0.6) is 11.5 Å². The van der Waals surface area contributed by atoms with E-state index in [9.17, 15) is 13.2 Å². The molecule has 0 spiro atoms. The van der Waals surface area contributed by atoms with Crippen LogP contribution in [0.3, 0.4) is 0 Å². The number of carbonyl (C=O) groups is 1. The summed E-state index contributed by atoms with van der Waals surface area (Å²) in [5.41, 5.74) is 2.61. The molecule has 3 aromatic carbocycles. The zero-order chi connectivity index (χ0) is 30.6. The fourth-order valence-corrected chi connectivity index (χ4v) is 6.74. The van der Waals surface area contributed by atoms with E-state index in [0.29, 0.717) is 34.0 Å². The fourth-order valence-electron chi connectivity index (χ4n) is 4.44. The van der Waals surface area contributed by atoms with Crippen LogP contribution in [0.1, 0.15) is 21.5 Å². The maximum absolute atomic E-state index is 14.1. The number of anilines is 2. The van der Waals surface area contributed by atoms with Crippen molar-refractivity contribution in [1.82, 2.24) is 23.9 Å². The highest BCUT2D eigenvalue weighted by molar-refractivity contribution is 7.91. The van der Waals surface area contributed by atoms with Crippen molar-refractivity contribution in [2.45, 2.75) is 13.1 Å². The van der Waals surface area contributed by atoms with Crippen molar-refractivity contribution in [3.05, 3.63) is 95.8 Å². The Balaban J connectivity index is 1.47. The van der Waals surface area contributed by atoms with Crippen LogP contribution in [0.2, 0.25) is 5.02 Å². The summed E-state index contributed by atoms with van der Waals surface area (Å²) < 4.78 is 45.0. The van der Waals surface area contributed by atoms with Crippen molar-refractivity contribution in [2.24, 2.45) is 0 Å². The maximum atomic E-state index is 14.1. The number of aromatic nitrogens is 4. The molecule has 0 unspecified atom stereocenters. The van der Waals surface area contributed by atoms with Gasteiger partial charge >= 0.3 is 10.2 Å². The van der Waals surface area contributed by atoms with Gasteiger partial charge < -0.3 is 20.1 Å². The van der Waals surface area contributed by atoms with Gasteiger partial charge in [0.05, 0.1) is 38.0 Å². The second-order valence-electron chi connectivity index (χ2n) is 9.05. The Kier molecular flexibility index (Phi) is 8.99. The van der Waals surface area contributed by atoms with Crippen LogP contribution in [-0.4, -0.2) is 53.6 Å². The molecule has 0 saturated carbocycles. The molecule has 2 N–H and O–H groups in total. The van der Waals surface area contributed by atoms with Crippen LogP contribution in [0.4, 0.5) is 10.8 Å². The minimum atomic E-state index is -4.36. The standard InChI is InChI=1S/C28H27ClN7O5S2/c1-4-30-24-12-20(29)10-8-18(24)14-31-27(37)22-6-5-7-25-23(22)15-33-36(25)43(38,39)35(28-32-17-34-42-28)16-19-9-11-21(40-2)13-26(19)41-3/h5-13,15,17,30H,1,4,14,16H2,2-3H3,(H,31,37). The Labute approximate surface area is 257 Å². The number of benzene rings is 3. The summed E-state index contributed by atoms with van der Waals surface area (Å²) in [7, 11) is -1.34. The third-order valence-corrected chi connectivity index (χ3v) is 9.15. The molecule has 0 bridgehead atoms. The van der Waals surface area contributed by atoms with Gasteiger partial charge in [0.2, 0.25) is 5.13 Å². The van der Waals surface area contributed by atoms with E-state index in [-0.39, 0.29) is 29.3 Å². The van der Waals surface area contributed by atoms with Gasteiger partial charge in [-0.05, 0) is 48.9 Å². The number of nitrogens with one attached hydrogen (secondary N) is 2. The molecule has 5 rings (SSSR count). The summed E-state index contributed by atoms with van der Waals surface area (Å²) in [6.07, 6.45) is 2.63. The maximum Gasteiger partial charge on any atom is 0.348 e. The summed E-state index contributed by atoms with van der Waals surface area (Å²) in [4.78, 5) is 17.5. The molecule has 0 saturated heterocycles. The predicted octanol–water partition coefficient (Wildman–Crippen LogP) is 4.53. The SMILES string of the molecule is [CH2]CNc1cc(Cl)ccc1CNC(=O)c1cccc2c1cnn2S(=O)(=O)N(Cc1ccc(OC)cc1OC)c1ncns1. The molecule has 12 nitrogen and oxygen atoms in total. The van der Waals surface area contributed by atoms with Gasteiger partial charge in [-0.1, -0.05) is 23.7 Å². The average Bonchev–Trinajstić information content (AvgIpc) is 3.70. The molecule has 0 aliphatic carbocycles. The first-order valence-corrected chi connectivity index (χ1v) is 15.4. The molecular weight excluding hydrogens is 614 g/mol. The lowest BCUT2D eigenvalue weighted by molar-refractivity contribution is 0.0952. The van der Waals surface area contributed by atoms with Crippen molar-refractivity contribution in [3.8, 4) is 11.5 Å². The van der Waals surface area contributed by atoms with Gasteiger partial charge in [0.15, 0.2) is 0 Å². The Bertz CT molecular complexity index is 1860. The third kappa shape index (κ3) is 6.21. The number of carbonyl (C=O) groups excluding carboxylic acids is 1. The molecule has 15 heteroatoms. The molecule has 223 valence electrons. The quantitative estimate of drug-likeness (QED) is 0.201. The van der Waals surface area contributed by atoms with E-state index < -0.39 is 16.1 Å². The number of hydrogen-bond acceptors (Lipinski definition) is 10. The molecule has 2 heterocycles. The Morgan fingerprint density at radius 3 is 2.65 bits per heavy atom. The highest BCUT2D eigenvalue weighted by Gasteiger charge is 2.31. The van der Waals surface area contributed by atoms with E-state index in [1.54, 1.807) is 48.5 Å². The van der Waals surface area contributed by atoms with Crippen LogP contribution >= 0.6 is 23.1 Å². The molecule has 1 radical (unpaired) electrons. The van der Waals surface area contributed by atoms with E-state index in [0.717, 1.165) is 31.2 Å². The first-order chi connectivity index (χ1) is 20.8. The second kappa shape index (κ2) is 12.9. The van der Waals surface area contributed by atoms with Crippen LogP contribution in [0, 0.1) is 6.92 Å². The normalized spacial score (nSPS) is 11.3. The number of ether oxygens (including phenoxy) is 2. The summed E-state index contributed by atoms with van der Waals surface area (Å²) in [5.74, 6) is 0.588. The van der Waals surface area contributed by atoms with Crippen molar-refractivity contribution in [1.29, 1.82) is 0 Å². The molecule has 43 heavy (non-hydrogen) atoms. The lowest BCUT2D eigenvalue weighted by atomic mass is 10.1. The predicted molar refractivity (Wildman–Crippen MR) is 166 cm³/mol. The fraction of sp³-hybridized carbons (Fsp3) is 0.179. The van der Waals surface area contributed by atoms with E-state index >= 15 is 0 Å². The Hall–Kier alpha value is -4.40. The summed E-state index contributed by atoms with van der Waals surface area (Å²) in [5, 5.41) is 11.3. The second-order valence-corrected chi connectivity index (χ2v) is 11.9. The van der Waals surface area contributed by atoms with Gasteiger partial charge in [-0.25, -0.2) is 9.29 Å². The number of amides is 1. The number of halogens is 1. The van der Waals surface area contributed by atoms with Gasteiger partial charge in [-0.2, -0.15) is 17.9 Å². The highest BCUT2D eigenvalue weighted by Crippen LogP contribution is 2.31. The Morgan fingerprint density at radius 1 is 1.12 bits per heavy atom. The number of nitrogens with zero attached hydrogens (tertiary/aromatic N) is 5. The molecule has 0 atom stereocenters. The third-order valence-electron chi connectivity index (χ3n) is 6.52. The lowest BCUT2D eigenvalue weighted by Gasteiger charge is -2.22. The van der Waals surface area contributed by atoms with Gasteiger partial charge in [0.1, 0.15) is 17.8 Å². The zero-order valence-electron chi connectivity index (χ0n) is 23.2. The topological polar surface area (TPSA) is 141 Å². The number of rotatable bonds is 12. The number of fused-ring (bicyclic) bond motifs is 1. The van der Waals surface area contributed by atoms with Crippen molar-refractivity contribution < 1.29 is 22.7 Å². The van der Waals surface area contributed by atoms with Gasteiger partial charge in [-0.3, -0.25) is 4.79 Å². The largest absolute Gasteiger partial charge is 0.497 e. The molecule has 0 fully saturated rings. The first-order valence-electron chi connectivity index (χ1n) is 12.8. The number of hydrogen-bond donors (Lipinski definition) is 2. The van der Waals surface area contributed by atoms with Crippen LogP contribution in [-0.2, 0) is 23.3 Å². The van der Waals surface area contributed by atoms with Gasteiger partial charge in [-0.15, -0.1) is 4.09 Å². The lowest BCUT2D eigenvalue weighted by Crippen LogP contribution is -2.36.